The van der Waals surface area contributed by atoms with Crippen LogP contribution >= 0.6 is 0 Å². The number of nitrogens with one attached hydrogen (secondary N) is 2. The average molecular weight is 412 g/mol. The van der Waals surface area contributed by atoms with Crippen molar-refractivity contribution in [2.75, 3.05) is 40.2 Å². The fraction of sp³-hybridized carbons (Fsp3) is 0.286. The van der Waals surface area contributed by atoms with Gasteiger partial charge >= 0.3 is 0 Å². The standard InChI is InChI=1S/C21H24N4O5/c1-25(11-18-23-15-8-6-5-7-14(15)21(27)24-18)12-19(26)22-13-9-16(28-2)20(30-4)17(10-13)29-3/h5-10H,11-12H2,1-4H3,(H,22,26)(H,23,24,27). The van der Waals surface area contributed by atoms with Gasteiger partial charge in [-0.1, -0.05) is 12.1 Å². The number of nitrogens with zero attached hydrogens (tertiary/aromatic N) is 2. The van der Waals surface area contributed by atoms with E-state index in [1.54, 1.807) is 42.3 Å². The van der Waals surface area contributed by atoms with E-state index in [2.05, 4.69) is 15.3 Å². The molecule has 0 bridgehead atoms. The van der Waals surface area contributed by atoms with Gasteiger partial charge in [0.15, 0.2) is 11.5 Å². The summed E-state index contributed by atoms with van der Waals surface area (Å²) in [6, 6.07) is 10.4. The fourth-order valence-electron chi connectivity index (χ4n) is 3.12. The summed E-state index contributed by atoms with van der Waals surface area (Å²) in [6.45, 7) is 0.399. The minimum Gasteiger partial charge on any atom is -0.493 e. The molecular weight excluding hydrogens is 388 g/mol. The van der Waals surface area contributed by atoms with Gasteiger partial charge in [-0.2, -0.15) is 0 Å². The number of anilines is 1. The van der Waals surface area contributed by atoms with Crippen LogP contribution in [0, 0.1) is 0 Å². The van der Waals surface area contributed by atoms with Crippen molar-refractivity contribution in [2.45, 2.75) is 6.54 Å². The minimum absolute atomic E-state index is 0.0905. The number of H-pyrrole nitrogens is 1. The van der Waals surface area contributed by atoms with Gasteiger partial charge in [0, 0.05) is 17.8 Å². The zero-order chi connectivity index (χ0) is 21.7. The molecule has 0 unspecified atom stereocenters. The lowest BCUT2D eigenvalue weighted by molar-refractivity contribution is -0.117. The summed E-state index contributed by atoms with van der Waals surface area (Å²) in [5.74, 6) is 1.58. The molecule has 1 amide bonds. The number of para-hydroxylation sites is 1. The lowest BCUT2D eigenvalue weighted by Crippen LogP contribution is -2.31. The quantitative estimate of drug-likeness (QED) is 0.583. The summed E-state index contributed by atoms with van der Waals surface area (Å²) in [5.41, 5.74) is 0.928. The van der Waals surface area contributed by atoms with Crippen LogP contribution in [0.1, 0.15) is 5.82 Å². The number of aromatic amines is 1. The lowest BCUT2D eigenvalue weighted by Gasteiger charge is -2.17. The predicted octanol–water partition coefficient (Wildman–Crippen LogP) is 2.02. The first-order valence-electron chi connectivity index (χ1n) is 9.21. The van der Waals surface area contributed by atoms with E-state index >= 15 is 0 Å². The number of benzene rings is 2. The van der Waals surface area contributed by atoms with Crippen molar-refractivity contribution < 1.29 is 19.0 Å². The highest BCUT2D eigenvalue weighted by molar-refractivity contribution is 5.93. The first-order chi connectivity index (χ1) is 14.4. The molecule has 1 aromatic heterocycles. The maximum Gasteiger partial charge on any atom is 0.258 e. The third-order valence-corrected chi connectivity index (χ3v) is 4.44. The van der Waals surface area contributed by atoms with E-state index in [1.807, 2.05) is 6.07 Å². The molecule has 9 nitrogen and oxygen atoms in total. The van der Waals surface area contributed by atoms with E-state index in [4.69, 9.17) is 14.2 Å². The van der Waals surface area contributed by atoms with Crippen molar-refractivity contribution in [1.29, 1.82) is 0 Å². The van der Waals surface area contributed by atoms with Crippen LogP contribution in [0.3, 0.4) is 0 Å². The van der Waals surface area contributed by atoms with Gasteiger partial charge in [0.2, 0.25) is 11.7 Å². The van der Waals surface area contributed by atoms with Crippen LogP contribution in [0.25, 0.3) is 10.9 Å². The Bertz CT molecular complexity index is 1090. The normalized spacial score (nSPS) is 10.8. The van der Waals surface area contributed by atoms with Crippen LogP contribution < -0.4 is 25.1 Å². The summed E-state index contributed by atoms with van der Waals surface area (Å²) in [5, 5.41) is 3.34. The lowest BCUT2D eigenvalue weighted by atomic mass is 10.2. The Kier molecular flexibility index (Phi) is 6.53. The van der Waals surface area contributed by atoms with E-state index in [-0.39, 0.29) is 18.0 Å². The summed E-state index contributed by atoms with van der Waals surface area (Å²) >= 11 is 0. The second-order valence-electron chi connectivity index (χ2n) is 6.66. The number of aromatic nitrogens is 2. The number of fused-ring (bicyclic) bond motifs is 1. The number of ether oxygens (including phenoxy) is 3. The zero-order valence-corrected chi connectivity index (χ0v) is 17.3. The third-order valence-electron chi connectivity index (χ3n) is 4.44. The van der Waals surface area contributed by atoms with Crippen LogP contribution in [0.15, 0.2) is 41.2 Å². The molecule has 0 aliphatic carbocycles. The van der Waals surface area contributed by atoms with Gasteiger partial charge in [-0.3, -0.25) is 14.5 Å². The van der Waals surface area contributed by atoms with Gasteiger partial charge < -0.3 is 24.5 Å². The van der Waals surface area contributed by atoms with Crippen molar-refractivity contribution >= 4 is 22.5 Å². The first kappa shape index (κ1) is 21.1. The van der Waals surface area contributed by atoms with Crippen molar-refractivity contribution in [3.05, 3.63) is 52.6 Å². The molecular formula is C21H24N4O5. The molecule has 0 radical (unpaired) electrons. The number of hydrogen-bond donors (Lipinski definition) is 2. The number of likely N-dealkylation sites (N-methyl/N-ethyl adjacent to an activating group) is 1. The molecule has 0 saturated carbocycles. The Morgan fingerprint density at radius 1 is 1.10 bits per heavy atom. The Labute approximate surface area is 173 Å². The number of amides is 1. The highest BCUT2D eigenvalue weighted by atomic mass is 16.5. The van der Waals surface area contributed by atoms with Crippen LogP contribution in [0.4, 0.5) is 5.69 Å². The molecule has 0 spiro atoms. The maximum absolute atomic E-state index is 12.5. The second kappa shape index (κ2) is 9.27. The fourth-order valence-corrected chi connectivity index (χ4v) is 3.12. The van der Waals surface area contributed by atoms with E-state index in [9.17, 15) is 9.59 Å². The molecule has 2 aromatic carbocycles. The molecule has 0 aliphatic heterocycles. The van der Waals surface area contributed by atoms with E-state index < -0.39 is 0 Å². The Balaban J connectivity index is 1.68. The number of carbonyl (C=O) groups excluding carboxylic acids is 1. The summed E-state index contributed by atoms with van der Waals surface area (Å²) in [6.07, 6.45) is 0. The SMILES string of the molecule is COc1cc(NC(=O)CN(C)Cc2nc3ccccc3c(=O)[nH]2)cc(OC)c1OC. The summed E-state index contributed by atoms with van der Waals surface area (Å²) in [4.78, 5) is 33.6. The molecule has 3 aromatic rings. The van der Waals surface area contributed by atoms with Crippen LogP contribution in [0.2, 0.25) is 0 Å². The Hall–Kier alpha value is -3.59. The number of hydrogen-bond acceptors (Lipinski definition) is 7. The maximum atomic E-state index is 12.5. The van der Waals surface area contributed by atoms with Gasteiger partial charge in [-0.25, -0.2) is 4.98 Å². The van der Waals surface area contributed by atoms with Crippen molar-refractivity contribution in [2.24, 2.45) is 0 Å². The van der Waals surface area contributed by atoms with E-state index in [1.165, 1.54) is 21.3 Å². The smallest absolute Gasteiger partial charge is 0.258 e. The largest absolute Gasteiger partial charge is 0.493 e. The van der Waals surface area contributed by atoms with E-state index in [0.717, 1.165) is 0 Å². The highest BCUT2D eigenvalue weighted by Crippen LogP contribution is 2.39. The first-order valence-corrected chi connectivity index (χ1v) is 9.21. The highest BCUT2D eigenvalue weighted by Gasteiger charge is 2.15. The molecule has 2 N–H and O–H groups in total. The molecule has 1 heterocycles. The van der Waals surface area contributed by atoms with Crippen LogP contribution in [-0.4, -0.2) is 55.7 Å². The molecule has 0 saturated heterocycles. The van der Waals surface area contributed by atoms with Crippen molar-refractivity contribution in [3.8, 4) is 17.2 Å². The number of methoxy groups -OCH3 is 3. The monoisotopic (exact) mass is 412 g/mol. The second-order valence-corrected chi connectivity index (χ2v) is 6.66. The van der Waals surface area contributed by atoms with Crippen LogP contribution in [0.5, 0.6) is 17.2 Å². The van der Waals surface area contributed by atoms with Crippen molar-refractivity contribution in [1.82, 2.24) is 14.9 Å². The average Bonchev–Trinajstić information content (AvgIpc) is 2.72. The summed E-state index contributed by atoms with van der Waals surface area (Å²) in [7, 11) is 6.30. The van der Waals surface area contributed by atoms with Gasteiger partial charge in [-0.05, 0) is 19.2 Å². The molecule has 3 rings (SSSR count). The number of carbonyl (C=O) groups is 1. The molecule has 0 aliphatic rings. The van der Waals surface area contributed by atoms with Gasteiger partial charge in [0.1, 0.15) is 5.82 Å². The minimum atomic E-state index is -0.241. The topological polar surface area (TPSA) is 106 Å². The molecule has 0 atom stereocenters. The Morgan fingerprint density at radius 3 is 2.40 bits per heavy atom. The molecule has 158 valence electrons. The van der Waals surface area contributed by atoms with Gasteiger partial charge in [-0.15, -0.1) is 0 Å². The number of rotatable bonds is 8. The van der Waals surface area contributed by atoms with Crippen molar-refractivity contribution in [3.63, 3.8) is 0 Å². The third kappa shape index (κ3) is 4.69. The van der Waals surface area contributed by atoms with Crippen LogP contribution in [-0.2, 0) is 11.3 Å². The van der Waals surface area contributed by atoms with Gasteiger partial charge in [0.05, 0.1) is 45.3 Å². The Morgan fingerprint density at radius 2 is 1.77 bits per heavy atom. The molecule has 0 fully saturated rings. The predicted molar refractivity (Wildman–Crippen MR) is 113 cm³/mol. The summed E-state index contributed by atoms with van der Waals surface area (Å²) < 4.78 is 15.9. The molecule has 9 heteroatoms. The van der Waals surface area contributed by atoms with E-state index in [0.29, 0.717) is 46.2 Å². The molecule has 30 heavy (non-hydrogen) atoms. The van der Waals surface area contributed by atoms with Gasteiger partial charge in [0.25, 0.3) is 5.56 Å². The zero-order valence-electron chi connectivity index (χ0n) is 17.3.